The number of hydrogen-bond acceptors (Lipinski definition) is 5. The number of para-hydroxylation sites is 1. The van der Waals surface area contributed by atoms with Crippen molar-refractivity contribution in [3.8, 4) is 11.3 Å². The van der Waals surface area contributed by atoms with Crippen LogP contribution in [0.1, 0.15) is 53.2 Å². The third-order valence-corrected chi connectivity index (χ3v) is 8.17. The van der Waals surface area contributed by atoms with Crippen LogP contribution >= 0.6 is 0 Å². The van der Waals surface area contributed by atoms with Crippen LogP contribution < -0.4 is 5.32 Å². The Morgan fingerprint density at radius 3 is 2.70 bits per heavy atom. The molecule has 0 radical (unpaired) electrons. The predicted octanol–water partition coefficient (Wildman–Crippen LogP) is 6.99. The molecule has 1 atom stereocenters. The van der Waals surface area contributed by atoms with Crippen LogP contribution in [0.3, 0.4) is 0 Å². The first-order chi connectivity index (χ1) is 19.5. The monoisotopic (exact) mass is 529 g/mol. The molecule has 1 saturated carbocycles. The molecular weight excluding hydrogens is 498 g/mol. The number of benzene rings is 2. The number of aryl methyl sites for hydroxylation is 1. The van der Waals surface area contributed by atoms with Crippen molar-refractivity contribution in [2.24, 2.45) is 5.92 Å². The summed E-state index contributed by atoms with van der Waals surface area (Å²) in [6, 6.07) is 15.6. The minimum absolute atomic E-state index is 0.0679. The van der Waals surface area contributed by atoms with E-state index in [9.17, 15) is 4.79 Å². The van der Waals surface area contributed by atoms with Crippen LogP contribution in [-0.4, -0.2) is 36.8 Å². The Labute approximate surface area is 233 Å². The molecule has 200 valence electrons. The van der Waals surface area contributed by atoms with Crippen molar-refractivity contribution >= 4 is 28.3 Å². The SMILES string of the molecule is [C-]#[N+]C[C@H](C1CCCC1)n1cc(-c2ncnc3c2ccn3C(=O)c2ccccc2Nc2cccc(C)c2C)cn1. The Hall–Kier alpha value is -4.77. The number of nitrogens with one attached hydrogen (secondary N) is 1. The van der Waals surface area contributed by atoms with E-state index in [0.29, 0.717) is 23.7 Å². The smallest absolute Gasteiger partial charge is 0.265 e. The number of fused-ring (bicyclic) bond motifs is 1. The van der Waals surface area contributed by atoms with Gasteiger partial charge >= 0.3 is 0 Å². The summed E-state index contributed by atoms with van der Waals surface area (Å²) in [7, 11) is 0. The zero-order chi connectivity index (χ0) is 27.6. The van der Waals surface area contributed by atoms with Crippen LogP contribution in [0.15, 0.2) is 73.4 Å². The zero-order valence-electron chi connectivity index (χ0n) is 22.7. The van der Waals surface area contributed by atoms with Gasteiger partial charge in [-0.3, -0.25) is 14.0 Å². The van der Waals surface area contributed by atoms with Crippen molar-refractivity contribution in [1.29, 1.82) is 0 Å². The molecule has 5 aromatic rings. The summed E-state index contributed by atoms with van der Waals surface area (Å²) in [6.45, 7) is 12.0. The van der Waals surface area contributed by atoms with Crippen molar-refractivity contribution in [1.82, 2.24) is 24.3 Å². The first-order valence-electron chi connectivity index (χ1n) is 13.7. The van der Waals surface area contributed by atoms with Crippen LogP contribution in [0.5, 0.6) is 0 Å². The molecule has 1 fully saturated rings. The van der Waals surface area contributed by atoms with Gasteiger partial charge in [-0.25, -0.2) is 16.5 Å². The van der Waals surface area contributed by atoms with E-state index in [1.165, 1.54) is 24.7 Å². The van der Waals surface area contributed by atoms with Gasteiger partial charge in [0.25, 0.3) is 5.91 Å². The fourth-order valence-corrected chi connectivity index (χ4v) is 5.81. The Bertz CT molecular complexity index is 1740. The summed E-state index contributed by atoms with van der Waals surface area (Å²) in [5, 5.41) is 8.88. The second kappa shape index (κ2) is 10.8. The van der Waals surface area contributed by atoms with E-state index in [2.05, 4.69) is 45.1 Å². The van der Waals surface area contributed by atoms with Crippen molar-refractivity contribution < 1.29 is 4.79 Å². The molecule has 3 aromatic heterocycles. The second-order valence-corrected chi connectivity index (χ2v) is 10.5. The quantitative estimate of drug-likeness (QED) is 0.230. The number of aromatic nitrogens is 5. The molecule has 0 spiro atoms. The van der Waals surface area contributed by atoms with Gasteiger partial charge in [0.1, 0.15) is 12.4 Å². The van der Waals surface area contributed by atoms with Gasteiger partial charge in [-0.15, -0.1) is 0 Å². The average molecular weight is 530 g/mol. The normalized spacial score (nSPS) is 14.3. The van der Waals surface area contributed by atoms with Gasteiger partial charge in [0.15, 0.2) is 5.65 Å². The fraction of sp³-hybridized carbons (Fsp3) is 0.281. The van der Waals surface area contributed by atoms with Crippen LogP contribution in [0.2, 0.25) is 0 Å². The third kappa shape index (κ3) is 4.64. The van der Waals surface area contributed by atoms with Crippen molar-refractivity contribution in [2.45, 2.75) is 45.6 Å². The molecule has 8 nitrogen and oxygen atoms in total. The number of nitrogens with zero attached hydrogens (tertiary/aromatic N) is 6. The molecule has 0 amide bonds. The summed E-state index contributed by atoms with van der Waals surface area (Å²) < 4.78 is 3.52. The Kier molecular flexibility index (Phi) is 6.87. The molecule has 0 saturated heterocycles. The van der Waals surface area contributed by atoms with E-state index in [-0.39, 0.29) is 11.9 Å². The highest BCUT2D eigenvalue weighted by Crippen LogP contribution is 2.36. The molecule has 2 aromatic carbocycles. The first kappa shape index (κ1) is 25.5. The second-order valence-electron chi connectivity index (χ2n) is 10.5. The lowest BCUT2D eigenvalue weighted by atomic mass is 9.98. The maximum Gasteiger partial charge on any atom is 0.265 e. The van der Waals surface area contributed by atoms with E-state index in [4.69, 9.17) is 6.57 Å². The lowest BCUT2D eigenvalue weighted by molar-refractivity contribution is 0.0965. The van der Waals surface area contributed by atoms with Crippen molar-refractivity contribution in [2.75, 3.05) is 11.9 Å². The molecular formula is C32H31N7O. The molecule has 8 heteroatoms. The van der Waals surface area contributed by atoms with Crippen LogP contribution in [0.25, 0.3) is 27.1 Å². The summed E-state index contributed by atoms with van der Waals surface area (Å²) >= 11 is 0. The first-order valence-corrected chi connectivity index (χ1v) is 13.7. The summed E-state index contributed by atoms with van der Waals surface area (Å²) in [5.41, 5.74) is 6.68. The van der Waals surface area contributed by atoms with Crippen molar-refractivity contribution in [3.05, 3.63) is 102 Å². The number of carbonyl (C=O) groups is 1. The van der Waals surface area contributed by atoms with E-state index in [1.54, 1.807) is 17.0 Å². The third-order valence-electron chi connectivity index (χ3n) is 8.17. The minimum atomic E-state index is -0.179. The Morgan fingerprint density at radius 2 is 1.88 bits per heavy atom. The van der Waals surface area contributed by atoms with Gasteiger partial charge in [-0.1, -0.05) is 37.1 Å². The van der Waals surface area contributed by atoms with Crippen LogP contribution in [0, 0.1) is 26.3 Å². The summed E-state index contributed by atoms with van der Waals surface area (Å²) in [5.74, 6) is 0.297. The highest BCUT2D eigenvalue weighted by Gasteiger charge is 2.30. The van der Waals surface area contributed by atoms with E-state index < -0.39 is 0 Å². The zero-order valence-corrected chi connectivity index (χ0v) is 22.7. The molecule has 0 aliphatic heterocycles. The molecule has 1 aliphatic carbocycles. The van der Waals surface area contributed by atoms with E-state index >= 15 is 0 Å². The van der Waals surface area contributed by atoms with Crippen molar-refractivity contribution in [3.63, 3.8) is 0 Å². The number of carbonyl (C=O) groups excluding carboxylic acids is 1. The van der Waals surface area contributed by atoms with Gasteiger partial charge in [0.05, 0.1) is 23.1 Å². The molecule has 6 rings (SSSR count). The largest absolute Gasteiger partial charge is 0.355 e. The minimum Gasteiger partial charge on any atom is -0.355 e. The van der Waals surface area contributed by atoms with Gasteiger partial charge in [-0.05, 0) is 68.0 Å². The topological polar surface area (TPSA) is 82.0 Å². The number of anilines is 2. The molecule has 1 N–H and O–H groups in total. The standard InChI is InChI=1S/C32H31N7O/c1-21-9-8-14-27(22(21)2)37-28-13-7-6-12-25(28)32(40)38-16-15-26-30(34-20-35-31(26)38)24-17-36-39(19-24)29(18-33-3)23-10-4-5-11-23/h6-9,12-17,19-20,23,29,37H,4-5,10-11,18H2,1-2H3/t29-/m1/s1. The van der Waals surface area contributed by atoms with Gasteiger partial charge < -0.3 is 10.2 Å². The Morgan fingerprint density at radius 1 is 1.07 bits per heavy atom. The molecule has 3 heterocycles. The van der Waals surface area contributed by atoms with Gasteiger partial charge in [-0.2, -0.15) is 5.10 Å². The fourth-order valence-electron chi connectivity index (χ4n) is 5.81. The van der Waals surface area contributed by atoms with Gasteiger partial charge in [0, 0.05) is 29.0 Å². The number of rotatable bonds is 7. The van der Waals surface area contributed by atoms with Crippen LogP contribution in [0.4, 0.5) is 11.4 Å². The summed E-state index contributed by atoms with van der Waals surface area (Å²) in [6.07, 6.45) is 11.7. The molecule has 40 heavy (non-hydrogen) atoms. The maximum absolute atomic E-state index is 13.9. The molecule has 0 unspecified atom stereocenters. The lowest BCUT2D eigenvalue weighted by Gasteiger charge is -2.18. The molecule has 0 bridgehead atoms. The Balaban J connectivity index is 1.33. The lowest BCUT2D eigenvalue weighted by Crippen LogP contribution is -2.20. The highest BCUT2D eigenvalue weighted by molar-refractivity contribution is 6.06. The van der Waals surface area contributed by atoms with E-state index in [0.717, 1.165) is 46.4 Å². The molecule has 1 aliphatic rings. The summed E-state index contributed by atoms with van der Waals surface area (Å²) in [4.78, 5) is 26.6. The number of hydrogen-bond donors (Lipinski definition) is 1. The maximum atomic E-state index is 13.9. The van der Waals surface area contributed by atoms with E-state index in [1.807, 2.05) is 53.3 Å². The average Bonchev–Trinajstić information content (AvgIpc) is 3.75. The van der Waals surface area contributed by atoms with Gasteiger partial charge in [0.2, 0.25) is 6.54 Å². The predicted molar refractivity (Wildman–Crippen MR) is 157 cm³/mol. The highest BCUT2D eigenvalue weighted by atomic mass is 16.2. The van der Waals surface area contributed by atoms with Crippen LogP contribution in [-0.2, 0) is 0 Å².